The van der Waals surface area contributed by atoms with Crippen molar-refractivity contribution >= 4 is 147 Å². The molecule has 38 heteroatoms. The summed E-state index contributed by atoms with van der Waals surface area (Å²) in [6.45, 7) is 3.42. The fraction of sp³-hybridized carbons (Fsp3) is 0.727. The Labute approximate surface area is 528 Å². The van der Waals surface area contributed by atoms with E-state index < -0.39 is 95.6 Å². The van der Waals surface area contributed by atoms with Gasteiger partial charge in [0.2, 0.25) is 35.7 Å². The summed E-state index contributed by atoms with van der Waals surface area (Å²) in [6.07, 6.45) is 0. The minimum absolute atomic E-state index is 0. The van der Waals surface area contributed by atoms with Crippen LogP contribution in [0.15, 0.2) is 0 Å². The third kappa shape index (κ3) is 39.3. The van der Waals surface area contributed by atoms with Crippen molar-refractivity contribution in [1.29, 1.82) is 0 Å². The van der Waals surface area contributed by atoms with Gasteiger partial charge in [0.05, 0.1) is 156 Å². The Morgan fingerprint density at radius 1 is 0.293 bits per heavy atom. The molecule has 2 heterocycles. The first-order chi connectivity index (χ1) is 38.0. The van der Waals surface area contributed by atoms with Crippen LogP contribution in [0.3, 0.4) is 0 Å². The number of carbonyl (C=O) groups is 12. The topological polar surface area (TPSA) is 513 Å². The summed E-state index contributed by atoms with van der Waals surface area (Å²) in [5.74, 6) is -18.1. The Balaban J connectivity index is 0. The molecule has 0 spiro atoms. The second kappa shape index (κ2) is 48.0. The summed E-state index contributed by atoms with van der Waals surface area (Å²) in [4.78, 5) is 142. The average molecular weight is 1240 g/mol. The quantitative estimate of drug-likeness (QED) is 0.0414. The number of amides is 4. The zero-order valence-electron chi connectivity index (χ0n) is 44.9. The fourth-order valence-corrected chi connectivity index (χ4v) is 6.44. The van der Waals surface area contributed by atoms with E-state index in [9.17, 15) is 78.0 Å². The minimum Gasteiger partial charge on any atom is -0.547 e. The minimum atomic E-state index is -2.29. The second-order valence-corrected chi connectivity index (χ2v) is 16.6. The van der Waals surface area contributed by atoms with Gasteiger partial charge >= 0.3 is 99.4 Å². The normalized spacial score (nSPS) is 17.4. The maximum absolute atomic E-state index is 12.2. The number of carboxylic acid groups (broad SMARTS) is 8. The second-order valence-electron chi connectivity index (χ2n) is 16.6. The van der Waals surface area contributed by atoms with E-state index in [0.717, 1.165) is 0 Å². The molecule has 2 aliphatic rings. The molecule has 2 saturated heterocycles. The number of carbonyl (C=O) groups excluding carboxylic acids is 8. The molecule has 0 aliphatic carbocycles. The molecule has 0 saturated carbocycles. The van der Waals surface area contributed by atoms with Gasteiger partial charge in [0.1, 0.15) is 12.1 Å². The van der Waals surface area contributed by atoms with Crippen LogP contribution in [-0.4, -0.2) is 395 Å². The molecule has 456 valence electrons. The molecule has 0 aromatic heterocycles. The molecule has 2 rings (SSSR count). The van der Waals surface area contributed by atoms with Crippen LogP contribution in [-0.2, 0) is 95.4 Å². The number of hydrogen-bond donors (Lipinski definition) is 8. The number of nitrogens with zero attached hydrogens (tertiary/aromatic N) is 4. The van der Waals surface area contributed by atoms with Crippen LogP contribution in [0, 0.1) is 0 Å². The van der Waals surface area contributed by atoms with E-state index in [4.69, 9.17) is 58.3 Å². The third-order valence-electron chi connectivity index (χ3n) is 10.5. The van der Waals surface area contributed by atoms with E-state index in [1.807, 2.05) is 21.3 Å². The van der Waals surface area contributed by atoms with Crippen molar-refractivity contribution in [3.05, 3.63) is 0 Å². The summed E-state index contributed by atoms with van der Waals surface area (Å²) in [6, 6.07) is -8.71. The van der Waals surface area contributed by atoms with Crippen molar-refractivity contribution in [3.63, 3.8) is 0 Å². The number of carboxylic acids is 8. The Morgan fingerprint density at radius 3 is 0.573 bits per heavy atom. The third-order valence-corrected chi connectivity index (χ3v) is 10.5. The van der Waals surface area contributed by atoms with Gasteiger partial charge in [-0.25, -0.2) is 19.2 Å². The molecule has 4 amide bonds. The van der Waals surface area contributed by atoms with Crippen molar-refractivity contribution in [2.24, 2.45) is 0 Å². The van der Waals surface area contributed by atoms with Gasteiger partial charge in [-0.15, -0.1) is 0 Å². The zero-order valence-corrected chi connectivity index (χ0v) is 49.3. The van der Waals surface area contributed by atoms with Crippen LogP contribution >= 0.6 is 0 Å². The molecule has 8 N–H and O–H groups in total. The molecule has 36 nitrogen and oxygen atoms in total. The van der Waals surface area contributed by atoms with Gasteiger partial charge in [-0.3, -0.25) is 38.8 Å². The van der Waals surface area contributed by atoms with E-state index in [-0.39, 0.29) is 260 Å². The maximum Gasteiger partial charge on any atom is 2.00 e. The predicted molar refractivity (Wildman–Crippen MR) is 262 cm³/mol. The van der Waals surface area contributed by atoms with Crippen molar-refractivity contribution in [1.82, 2.24) is 40.9 Å². The number of aliphatic carboxylic acids is 8. The van der Waals surface area contributed by atoms with Gasteiger partial charge < -0.3 is 119 Å². The van der Waals surface area contributed by atoms with Crippen LogP contribution in [0.25, 0.3) is 0 Å². The van der Waals surface area contributed by atoms with E-state index in [1.165, 1.54) is 0 Å². The van der Waals surface area contributed by atoms with E-state index >= 15 is 0 Å². The standard InChI is InChI=1S/2C22H36N4O14.2Ca/c2*27-15(23-17(19(29)30)20(31)32)13-25-1-5-37-9-10-39-7-3-26(4-8-40-12-11-38-6-2-25)14-16(28)24-18(21(33)34)22(35)36;;/h2*17-18H,1-14H2,(H,23,27)(H,24,28)(H,29,30)(H,31,32)(H,33,34)(H,35,36);;/q;;2*+2/p-4. The summed E-state index contributed by atoms with van der Waals surface area (Å²) in [7, 11) is 0. The van der Waals surface area contributed by atoms with Gasteiger partial charge in [-0.1, -0.05) is 0 Å². The Hall–Kier alpha value is -4.32. The largest absolute Gasteiger partial charge is 2.00 e. The van der Waals surface area contributed by atoms with Gasteiger partial charge in [-0.2, -0.15) is 0 Å². The summed E-state index contributed by atoms with van der Waals surface area (Å²) in [5.41, 5.74) is 0. The summed E-state index contributed by atoms with van der Waals surface area (Å²) >= 11 is 0. The average Bonchev–Trinajstić information content (AvgIpc) is 3.37. The number of nitrogens with one attached hydrogen (secondary N) is 4. The molecule has 0 radical (unpaired) electrons. The van der Waals surface area contributed by atoms with E-state index in [2.05, 4.69) is 0 Å². The maximum atomic E-state index is 12.2. The van der Waals surface area contributed by atoms with Gasteiger partial charge in [0.15, 0.2) is 0 Å². The molecule has 2 aliphatic heterocycles. The zero-order chi connectivity index (χ0) is 59.8. The summed E-state index contributed by atoms with van der Waals surface area (Å²) < 4.78 is 43.8. The van der Waals surface area contributed by atoms with Crippen LogP contribution < -0.4 is 41.7 Å². The number of hydrogen-bond acceptors (Lipinski definition) is 28. The Morgan fingerprint density at radius 2 is 0.439 bits per heavy atom. The molecule has 0 aromatic rings. The van der Waals surface area contributed by atoms with Gasteiger partial charge in [0, 0.05) is 52.4 Å². The van der Waals surface area contributed by atoms with Crippen LogP contribution in [0.2, 0.25) is 0 Å². The van der Waals surface area contributed by atoms with Crippen LogP contribution in [0.5, 0.6) is 0 Å². The molecule has 0 atom stereocenters. The molecule has 0 bridgehead atoms. The molecular weight excluding hydrogens is 1170 g/mol. The molecule has 2 fully saturated rings. The van der Waals surface area contributed by atoms with Crippen molar-refractivity contribution < 1.29 is 136 Å². The van der Waals surface area contributed by atoms with Crippen molar-refractivity contribution in [3.8, 4) is 0 Å². The van der Waals surface area contributed by atoms with Crippen LogP contribution in [0.1, 0.15) is 0 Å². The monoisotopic (exact) mass is 1240 g/mol. The predicted octanol–water partition coefficient (Wildman–Crippen LogP) is -14.1. The number of ether oxygens (including phenoxy) is 8. The van der Waals surface area contributed by atoms with E-state index in [0.29, 0.717) is 0 Å². The molecule has 82 heavy (non-hydrogen) atoms. The summed E-state index contributed by atoms with van der Waals surface area (Å²) in [5, 5.41) is 86.6. The van der Waals surface area contributed by atoms with Crippen LogP contribution in [0.4, 0.5) is 0 Å². The first-order valence-corrected chi connectivity index (χ1v) is 24.5. The SMILES string of the molecule is O=C(CN1CCOCCOCCN(CC(=O)NC(C(=O)O)C(=O)O)CCOCCOCC1)NC(C(=O)[O-])C(=O)[O-].O=C(CN1CCOCCOCCN(CC(=O)NC(C(=O)O)C(=O)O)CCOCCOCC1)NC(C(=O)[O-])C(=O)[O-].[Ca+2].[Ca+2]. The fourth-order valence-electron chi connectivity index (χ4n) is 6.44. The first-order valence-electron chi connectivity index (χ1n) is 24.5. The number of rotatable bonds is 20. The first kappa shape index (κ1) is 79.7. The molecule has 0 unspecified atom stereocenters. The molecule has 0 aromatic carbocycles. The Bertz CT molecular complexity index is 1630. The Kier molecular flexibility index (Phi) is 46.7. The van der Waals surface area contributed by atoms with Crippen molar-refractivity contribution in [2.45, 2.75) is 24.2 Å². The molecular formula is C44H68Ca2N8O28. The smallest absolute Gasteiger partial charge is 0.547 e. The van der Waals surface area contributed by atoms with Gasteiger partial charge in [0.25, 0.3) is 0 Å². The van der Waals surface area contributed by atoms with Crippen molar-refractivity contribution in [2.75, 3.05) is 184 Å². The van der Waals surface area contributed by atoms with E-state index in [1.54, 1.807) is 19.6 Å². The van der Waals surface area contributed by atoms with Gasteiger partial charge in [-0.05, 0) is 0 Å².